The van der Waals surface area contributed by atoms with Gasteiger partial charge in [0.05, 0.1) is 6.26 Å². The molecule has 2 N–H and O–H groups in total. The molecular weight excluding hydrogens is 263 g/mol. The van der Waals surface area contributed by atoms with Crippen LogP contribution in [0.25, 0.3) is 6.08 Å². The molecule has 1 aromatic carbocycles. The third-order valence-electron chi connectivity index (χ3n) is 2.35. The van der Waals surface area contributed by atoms with Crippen molar-refractivity contribution in [3.05, 3.63) is 65.9 Å². The Kier molecular flexibility index (Phi) is 4.28. The first kappa shape index (κ1) is 13.5. The number of nitrogens with one attached hydrogen (secondary N) is 2. The van der Waals surface area contributed by atoms with Crippen LogP contribution in [0.5, 0.6) is 0 Å². The second-order valence-corrected chi connectivity index (χ2v) is 3.80. The molecule has 1 heterocycles. The van der Waals surface area contributed by atoms with Gasteiger partial charge in [0.15, 0.2) is 0 Å². The molecular formula is C14H11FN2O3. The summed E-state index contributed by atoms with van der Waals surface area (Å²) in [5.41, 5.74) is 4.64. The summed E-state index contributed by atoms with van der Waals surface area (Å²) in [6.45, 7) is 0. The Morgan fingerprint density at radius 3 is 2.50 bits per heavy atom. The average molecular weight is 274 g/mol. The lowest BCUT2D eigenvalue weighted by atomic mass is 10.2. The van der Waals surface area contributed by atoms with Gasteiger partial charge < -0.3 is 4.42 Å². The topological polar surface area (TPSA) is 71.3 Å². The summed E-state index contributed by atoms with van der Waals surface area (Å²) in [6.07, 6.45) is 4.15. The summed E-state index contributed by atoms with van der Waals surface area (Å²) in [5.74, 6) is -0.974. The molecule has 0 unspecified atom stereocenters. The molecule has 20 heavy (non-hydrogen) atoms. The van der Waals surface area contributed by atoms with Crippen LogP contribution in [0, 0.1) is 5.82 Å². The molecule has 0 spiro atoms. The summed E-state index contributed by atoms with van der Waals surface area (Å²) in [7, 11) is 0. The molecule has 0 radical (unpaired) electrons. The van der Waals surface area contributed by atoms with E-state index in [0.717, 1.165) is 12.1 Å². The smallest absolute Gasteiger partial charge is 0.269 e. The van der Waals surface area contributed by atoms with Gasteiger partial charge in [-0.1, -0.05) is 0 Å². The maximum absolute atomic E-state index is 12.7. The lowest BCUT2D eigenvalue weighted by Crippen LogP contribution is -2.40. The van der Waals surface area contributed by atoms with Gasteiger partial charge in [-0.2, -0.15) is 0 Å². The molecule has 1 aromatic heterocycles. The molecule has 0 saturated carbocycles. The van der Waals surface area contributed by atoms with Gasteiger partial charge in [-0.3, -0.25) is 20.4 Å². The Balaban J connectivity index is 1.84. The van der Waals surface area contributed by atoms with Crippen LogP contribution in [-0.2, 0) is 4.79 Å². The van der Waals surface area contributed by atoms with Crippen LogP contribution in [0.1, 0.15) is 16.1 Å². The first-order valence-corrected chi connectivity index (χ1v) is 5.72. The van der Waals surface area contributed by atoms with Crippen LogP contribution in [0.4, 0.5) is 4.39 Å². The summed E-state index contributed by atoms with van der Waals surface area (Å²) in [5, 5.41) is 0. The van der Waals surface area contributed by atoms with Gasteiger partial charge in [-0.15, -0.1) is 0 Å². The highest BCUT2D eigenvalue weighted by Crippen LogP contribution is 2.02. The highest BCUT2D eigenvalue weighted by atomic mass is 19.1. The number of carbonyl (C=O) groups is 2. The van der Waals surface area contributed by atoms with Gasteiger partial charge in [0.2, 0.25) is 0 Å². The van der Waals surface area contributed by atoms with Gasteiger partial charge in [0, 0.05) is 11.6 Å². The van der Waals surface area contributed by atoms with E-state index in [4.69, 9.17) is 4.42 Å². The van der Waals surface area contributed by atoms with E-state index in [1.165, 1.54) is 30.5 Å². The Hall–Kier alpha value is -2.89. The fourth-order valence-corrected chi connectivity index (χ4v) is 1.38. The van der Waals surface area contributed by atoms with Crippen molar-refractivity contribution >= 4 is 17.9 Å². The van der Waals surface area contributed by atoms with E-state index in [-0.39, 0.29) is 5.56 Å². The summed E-state index contributed by atoms with van der Waals surface area (Å²) in [4.78, 5) is 23.0. The number of carbonyl (C=O) groups excluding carboxylic acids is 2. The van der Waals surface area contributed by atoms with Crippen LogP contribution in [0.2, 0.25) is 0 Å². The van der Waals surface area contributed by atoms with Crippen LogP contribution in [0.3, 0.4) is 0 Å². The van der Waals surface area contributed by atoms with E-state index in [9.17, 15) is 14.0 Å². The zero-order valence-electron chi connectivity index (χ0n) is 10.3. The van der Waals surface area contributed by atoms with Crippen LogP contribution >= 0.6 is 0 Å². The maximum atomic E-state index is 12.7. The fourth-order valence-electron chi connectivity index (χ4n) is 1.38. The first-order valence-electron chi connectivity index (χ1n) is 5.72. The maximum Gasteiger partial charge on any atom is 0.269 e. The number of halogens is 1. The van der Waals surface area contributed by atoms with Crippen molar-refractivity contribution in [2.75, 3.05) is 0 Å². The van der Waals surface area contributed by atoms with E-state index in [1.807, 2.05) is 0 Å². The van der Waals surface area contributed by atoms with E-state index in [2.05, 4.69) is 10.9 Å². The van der Waals surface area contributed by atoms with Gasteiger partial charge in [-0.05, 0) is 42.5 Å². The number of hydrazine groups is 1. The van der Waals surface area contributed by atoms with Crippen LogP contribution in [0.15, 0.2) is 53.2 Å². The van der Waals surface area contributed by atoms with E-state index in [1.54, 1.807) is 12.1 Å². The Morgan fingerprint density at radius 2 is 1.85 bits per heavy atom. The summed E-state index contributed by atoms with van der Waals surface area (Å²) in [6, 6.07) is 8.32. The molecule has 0 aliphatic heterocycles. The summed E-state index contributed by atoms with van der Waals surface area (Å²) >= 11 is 0. The molecule has 5 nitrogen and oxygen atoms in total. The molecule has 6 heteroatoms. The summed E-state index contributed by atoms with van der Waals surface area (Å²) < 4.78 is 17.7. The standard InChI is InChI=1S/C14H11FN2O3/c15-11-5-3-10(4-6-11)14(19)17-16-13(18)8-7-12-2-1-9-20-12/h1-9H,(H,16,18)(H,17,19)/b8-7+. The molecule has 0 aliphatic carbocycles. The minimum Gasteiger partial charge on any atom is -0.465 e. The molecule has 0 saturated heterocycles. The third-order valence-corrected chi connectivity index (χ3v) is 2.35. The molecule has 2 rings (SSSR count). The number of amides is 2. The minimum atomic E-state index is -0.537. The lowest BCUT2D eigenvalue weighted by Gasteiger charge is -2.04. The second-order valence-electron chi connectivity index (χ2n) is 3.80. The van der Waals surface area contributed by atoms with Gasteiger partial charge >= 0.3 is 0 Å². The van der Waals surface area contributed by atoms with Crippen molar-refractivity contribution in [2.45, 2.75) is 0 Å². The number of hydrogen-bond donors (Lipinski definition) is 2. The van der Waals surface area contributed by atoms with Crippen LogP contribution in [-0.4, -0.2) is 11.8 Å². The Bertz CT molecular complexity index is 618. The Labute approximate surface area is 114 Å². The monoisotopic (exact) mass is 274 g/mol. The van der Waals surface area contributed by atoms with Crippen molar-refractivity contribution in [3.8, 4) is 0 Å². The average Bonchev–Trinajstić information content (AvgIpc) is 2.96. The SMILES string of the molecule is O=C(/C=C/c1ccco1)NNC(=O)c1ccc(F)cc1. The van der Waals surface area contributed by atoms with E-state index in [0.29, 0.717) is 5.76 Å². The number of benzene rings is 1. The number of hydrogen-bond acceptors (Lipinski definition) is 3. The molecule has 102 valence electrons. The van der Waals surface area contributed by atoms with E-state index < -0.39 is 17.6 Å². The van der Waals surface area contributed by atoms with Crippen molar-refractivity contribution in [2.24, 2.45) is 0 Å². The third kappa shape index (κ3) is 3.81. The number of rotatable bonds is 3. The van der Waals surface area contributed by atoms with Crippen molar-refractivity contribution in [3.63, 3.8) is 0 Å². The van der Waals surface area contributed by atoms with Gasteiger partial charge in [0.25, 0.3) is 11.8 Å². The molecule has 2 aromatic rings. The Morgan fingerprint density at radius 1 is 1.10 bits per heavy atom. The molecule has 0 atom stereocenters. The van der Waals surface area contributed by atoms with E-state index >= 15 is 0 Å². The number of furan rings is 1. The second kappa shape index (κ2) is 6.33. The molecule has 0 aliphatic rings. The van der Waals surface area contributed by atoms with Gasteiger partial charge in [0.1, 0.15) is 11.6 Å². The molecule has 0 fully saturated rings. The quantitative estimate of drug-likeness (QED) is 0.663. The first-order chi connectivity index (χ1) is 9.65. The van der Waals surface area contributed by atoms with Gasteiger partial charge in [-0.25, -0.2) is 4.39 Å². The highest BCUT2D eigenvalue weighted by Gasteiger charge is 2.05. The predicted molar refractivity (Wildman–Crippen MR) is 69.8 cm³/mol. The zero-order valence-corrected chi connectivity index (χ0v) is 10.3. The normalized spacial score (nSPS) is 10.4. The predicted octanol–water partition coefficient (Wildman–Crippen LogP) is 1.89. The largest absolute Gasteiger partial charge is 0.465 e. The van der Waals surface area contributed by atoms with Crippen molar-refractivity contribution in [1.82, 2.24) is 10.9 Å². The fraction of sp³-hybridized carbons (Fsp3) is 0. The van der Waals surface area contributed by atoms with Crippen molar-refractivity contribution in [1.29, 1.82) is 0 Å². The molecule has 0 bridgehead atoms. The van der Waals surface area contributed by atoms with Crippen LogP contribution < -0.4 is 10.9 Å². The lowest BCUT2D eigenvalue weighted by molar-refractivity contribution is -0.117. The highest BCUT2D eigenvalue weighted by molar-refractivity contribution is 5.97. The zero-order chi connectivity index (χ0) is 14.4. The van der Waals surface area contributed by atoms with Crippen molar-refractivity contribution < 1.29 is 18.4 Å². The molecule has 2 amide bonds. The minimum absolute atomic E-state index is 0.238.